The summed E-state index contributed by atoms with van der Waals surface area (Å²) in [6, 6.07) is 1.16. The van der Waals surface area contributed by atoms with Crippen LogP contribution in [0.5, 0.6) is 0 Å². The van der Waals surface area contributed by atoms with Crippen molar-refractivity contribution in [3.05, 3.63) is 0 Å². The molecule has 0 aromatic carbocycles. The Kier molecular flexibility index (Phi) is 6.16. The van der Waals surface area contributed by atoms with Gasteiger partial charge in [-0.3, -0.25) is 4.90 Å². The molecule has 4 heteroatoms. The first-order chi connectivity index (χ1) is 15.9. The molecule has 2 heterocycles. The third-order valence-electron chi connectivity index (χ3n) is 12.5. The zero-order chi connectivity index (χ0) is 22.8. The van der Waals surface area contributed by atoms with Crippen LogP contribution in [0.2, 0.25) is 0 Å². The summed E-state index contributed by atoms with van der Waals surface area (Å²) < 4.78 is 0. The summed E-state index contributed by atoms with van der Waals surface area (Å²) >= 11 is 0. The molecular weight excluding hydrogens is 408 g/mol. The maximum Gasteiger partial charge on any atom is 0.0698 e. The van der Waals surface area contributed by atoms with Crippen LogP contribution in [0.1, 0.15) is 97.3 Å². The van der Waals surface area contributed by atoms with Crippen LogP contribution in [-0.4, -0.2) is 70.5 Å². The first-order valence-corrected chi connectivity index (χ1v) is 14.7. The van der Waals surface area contributed by atoms with Crippen molar-refractivity contribution in [2.75, 3.05) is 26.2 Å². The Hall–Kier alpha value is -0.160. The Morgan fingerprint density at radius 3 is 2.18 bits per heavy atom. The van der Waals surface area contributed by atoms with Gasteiger partial charge in [0.2, 0.25) is 0 Å². The van der Waals surface area contributed by atoms with Gasteiger partial charge in [0.25, 0.3) is 0 Å². The molecule has 0 amide bonds. The van der Waals surface area contributed by atoms with Gasteiger partial charge in [0.05, 0.1) is 12.2 Å². The minimum Gasteiger partial charge on any atom is -0.393 e. The second-order valence-electron chi connectivity index (χ2n) is 13.7. The standard InChI is InChI=1S/C29H50N2O2/c1-28-13-10-24-22(23(28)8-9-27(28)33)7-6-20-18-26(32)25(19-29(20,24)2)31-16-11-21(12-17-31)30-14-4-3-5-15-30/h20-27,32-33H,3-19H2,1-2H3/t20-,22-,23-,24-,25-,26-,27-,28-,29-/m0/s1. The van der Waals surface area contributed by atoms with Gasteiger partial charge in [-0.05, 0) is 125 Å². The highest BCUT2D eigenvalue weighted by molar-refractivity contribution is 5.11. The van der Waals surface area contributed by atoms with Crippen molar-refractivity contribution in [2.24, 2.45) is 34.5 Å². The highest BCUT2D eigenvalue weighted by Gasteiger charge is 2.61. The van der Waals surface area contributed by atoms with E-state index in [-0.39, 0.29) is 17.6 Å². The minimum absolute atomic E-state index is 0.0731. The summed E-state index contributed by atoms with van der Waals surface area (Å²) in [6.07, 6.45) is 16.3. The predicted octanol–water partition coefficient (Wildman–Crippen LogP) is 4.68. The van der Waals surface area contributed by atoms with Gasteiger partial charge in [0.15, 0.2) is 0 Å². The van der Waals surface area contributed by atoms with Crippen molar-refractivity contribution in [3.8, 4) is 0 Å². The maximum atomic E-state index is 11.3. The lowest BCUT2D eigenvalue weighted by molar-refractivity contribution is -0.155. The molecule has 4 nitrogen and oxygen atoms in total. The van der Waals surface area contributed by atoms with E-state index in [4.69, 9.17) is 0 Å². The second-order valence-corrected chi connectivity index (χ2v) is 13.7. The van der Waals surface area contributed by atoms with E-state index in [9.17, 15) is 10.2 Å². The summed E-state index contributed by atoms with van der Waals surface area (Å²) in [7, 11) is 0. The van der Waals surface area contributed by atoms with E-state index in [1.807, 2.05) is 0 Å². The van der Waals surface area contributed by atoms with Crippen LogP contribution in [0.3, 0.4) is 0 Å². The molecule has 9 atom stereocenters. The first kappa shape index (κ1) is 23.3. The fraction of sp³-hybridized carbons (Fsp3) is 1.00. The summed E-state index contributed by atoms with van der Waals surface area (Å²) in [5.74, 6) is 3.05. The van der Waals surface area contributed by atoms with Gasteiger partial charge in [0.1, 0.15) is 0 Å². The molecule has 4 saturated carbocycles. The molecule has 0 radical (unpaired) electrons. The van der Waals surface area contributed by atoms with Crippen molar-refractivity contribution in [2.45, 2.75) is 122 Å². The zero-order valence-corrected chi connectivity index (χ0v) is 21.4. The number of piperidine rings is 2. The molecule has 0 spiro atoms. The zero-order valence-electron chi connectivity index (χ0n) is 21.4. The Bertz CT molecular complexity index is 702. The summed E-state index contributed by atoms with van der Waals surface area (Å²) in [4.78, 5) is 5.48. The van der Waals surface area contributed by atoms with Crippen LogP contribution in [0.25, 0.3) is 0 Å². The second kappa shape index (κ2) is 8.75. The van der Waals surface area contributed by atoms with Crippen LogP contribution in [0, 0.1) is 34.5 Å². The third-order valence-corrected chi connectivity index (χ3v) is 12.5. The summed E-state index contributed by atoms with van der Waals surface area (Å²) in [5.41, 5.74) is 0.555. The number of hydrogen-bond donors (Lipinski definition) is 2. The largest absolute Gasteiger partial charge is 0.393 e. The van der Waals surface area contributed by atoms with Gasteiger partial charge < -0.3 is 15.1 Å². The number of fused-ring (bicyclic) bond motifs is 5. The molecule has 2 N–H and O–H groups in total. The molecular formula is C29H50N2O2. The van der Waals surface area contributed by atoms with Crippen LogP contribution in [0.15, 0.2) is 0 Å². The van der Waals surface area contributed by atoms with Crippen molar-refractivity contribution in [3.63, 3.8) is 0 Å². The fourth-order valence-corrected chi connectivity index (χ4v) is 10.5. The molecule has 0 unspecified atom stereocenters. The molecule has 2 aliphatic heterocycles. The highest BCUT2D eigenvalue weighted by Crippen LogP contribution is 2.66. The number of hydrogen-bond acceptors (Lipinski definition) is 4. The normalized spacial score (nSPS) is 52.2. The van der Waals surface area contributed by atoms with E-state index < -0.39 is 0 Å². The topological polar surface area (TPSA) is 46.9 Å². The van der Waals surface area contributed by atoms with Gasteiger partial charge in [-0.25, -0.2) is 0 Å². The van der Waals surface area contributed by atoms with E-state index in [1.165, 1.54) is 96.8 Å². The Morgan fingerprint density at radius 2 is 1.42 bits per heavy atom. The number of nitrogens with zero attached hydrogens (tertiary/aromatic N) is 2. The van der Waals surface area contributed by atoms with Crippen LogP contribution < -0.4 is 0 Å². The lowest BCUT2D eigenvalue weighted by atomic mass is 9.44. The summed E-state index contributed by atoms with van der Waals surface area (Å²) in [6.45, 7) is 10.0. The molecule has 6 fully saturated rings. The molecule has 0 aromatic heterocycles. The van der Waals surface area contributed by atoms with Crippen molar-refractivity contribution in [1.29, 1.82) is 0 Å². The fourth-order valence-electron chi connectivity index (χ4n) is 10.5. The van der Waals surface area contributed by atoms with Gasteiger partial charge in [-0.15, -0.1) is 0 Å². The van der Waals surface area contributed by atoms with Crippen molar-refractivity contribution in [1.82, 2.24) is 9.80 Å². The number of rotatable bonds is 2. The smallest absolute Gasteiger partial charge is 0.0698 e. The quantitative estimate of drug-likeness (QED) is 0.631. The van der Waals surface area contributed by atoms with Crippen LogP contribution in [-0.2, 0) is 0 Å². The highest BCUT2D eigenvalue weighted by atomic mass is 16.3. The average molecular weight is 459 g/mol. The van der Waals surface area contributed by atoms with Gasteiger partial charge in [-0.1, -0.05) is 20.3 Å². The first-order valence-electron chi connectivity index (χ1n) is 14.7. The van der Waals surface area contributed by atoms with Gasteiger partial charge in [-0.2, -0.15) is 0 Å². The van der Waals surface area contributed by atoms with E-state index >= 15 is 0 Å². The molecule has 33 heavy (non-hydrogen) atoms. The van der Waals surface area contributed by atoms with Crippen molar-refractivity contribution >= 4 is 0 Å². The van der Waals surface area contributed by atoms with Gasteiger partial charge >= 0.3 is 0 Å². The van der Waals surface area contributed by atoms with E-state index in [1.54, 1.807) is 0 Å². The number of aliphatic hydroxyl groups is 2. The van der Waals surface area contributed by atoms with Gasteiger partial charge in [0, 0.05) is 25.2 Å². The van der Waals surface area contributed by atoms with Crippen molar-refractivity contribution < 1.29 is 10.2 Å². The molecule has 6 aliphatic rings. The molecule has 2 saturated heterocycles. The molecule has 0 aromatic rings. The van der Waals surface area contributed by atoms with Crippen LogP contribution in [0.4, 0.5) is 0 Å². The SMILES string of the molecule is C[C@]12C[C@H](N3CCC(N4CCCCC4)CC3)[C@@H](O)C[C@@H]1CC[C@@H]1[C@@H]2CC[C@]2(C)[C@@H](O)CC[C@@H]12. The maximum absolute atomic E-state index is 11.3. The molecule has 4 aliphatic carbocycles. The lowest BCUT2D eigenvalue weighted by Crippen LogP contribution is -2.61. The molecule has 6 rings (SSSR count). The monoisotopic (exact) mass is 458 g/mol. The summed E-state index contributed by atoms with van der Waals surface area (Å²) in [5, 5.41) is 22.1. The number of aliphatic hydroxyl groups excluding tert-OH is 2. The average Bonchev–Trinajstić information content (AvgIpc) is 3.14. The number of likely N-dealkylation sites (tertiary alicyclic amines) is 2. The van der Waals surface area contributed by atoms with E-state index in [2.05, 4.69) is 23.6 Å². The van der Waals surface area contributed by atoms with Crippen LogP contribution >= 0.6 is 0 Å². The minimum atomic E-state index is -0.131. The molecule has 0 bridgehead atoms. The molecule has 188 valence electrons. The predicted molar refractivity (Wildman–Crippen MR) is 133 cm³/mol. The Labute approximate surface area is 202 Å². The Morgan fingerprint density at radius 1 is 0.697 bits per heavy atom. The Balaban J connectivity index is 1.15. The third kappa shape index (κ3) is 3.76. The van der Waals surface area contributed by atoms with E-state index in [0.717, 1.165) is 36.6 Å². The lowest BCUT2D eigenvalue weighted by Gasteiger charge is -2.62. The van der Waals surface area contributed by atoms with E-state index in [0.29, 0.717) is 17.4 Å².